The largest absolute Gasteiger partial charge is 0.484 e. The average Bonchev–Trinajstić information content (AvgIpc) is 2.35. The normalized spacial score (nSPS) is 24.0. The van der Waals surface area contributed by atoms with E-state index in [1.54, 1.807) is 0 Å². The van der Waals surface area contributed by atoms with Crippen LogP contribution in [0.4, 0.5) is 8.78 Å². The van der Waals surface area contributed by atoms with Crippen molar-refractivity contribution in [2.45, 2.75) is 45.3 Å². The fraction of sp³-hybridized carbons (Fsp3) is 0.571. The van der Waals surface area contributed by atoms with Gasteiger partial charge in [0, 0.05) is 6.54 Å². The van der Waals surface area contributed by atoms with E-state index in [0.29, 0.717) is 11.5 Å². The van der Waals surface area contributed by atoms with Crippen LogP contribution in [0.25, 0.3) is 0 Å². The molecule has 2 unspecified atom stereocenters. The van der Waals surface area contributed by atoms with Crippen LogP contribution < -0.4 is 10.5 Å². The highest BCUT2D eigenvalue weighted by Crippen LogP contribution is 2.31. The first-order valence-electron chi connectivity index (χ1n) is 6.46. The molecule has 100 valence electrons. The van der Waals surface area contributed by atoms with E-state index < -0.39 is 11.6 Å². The number of ether oxygens (including phenoxy) is 1. The zero-order valence-electron chi connectivity index (χ0n) is 10.6. The second kappa shape index (κ2) is 5.65. The molecule has 0 bridgehead atoms. The van der Waals surface area contributed by atoms with Crippen LogP contribution in [0.2, 0.25) is 0 Å². The summed E-state index contributed by atoms with van der Waals surface area (Å²) in [4.78, 5) is 0. The lowest BCUT2D eigenvalue weighted by molar-refractivity contribution is 0.0932. The Labute approximate surface area is 106 Å². The molecule has 0 radical (unpaired) electrons. The number of halogens is 2. The highest BCUT2D eigenvalue weighted by Gasteiger charge is 2.25. The van der Waals surface area contributed by atoms with Gasteiger partial charge in [0.2, 0.25) is 0 Å². The van der Waals surface area contributed by atoms with E-state index in [0.717, 1.165) is 25.7 Å². The molecule has 1 saturated carbocycles. The number of rotatable bonds is 3. The average molecular weight is 255 g/mol. The summed E-state index contributed by atoms with van der Waals surface area (Å²) in [5.41, 5.74) is 5.81. The van der Waals surface area contributed by atoms with E-state index >= 15 is 0 Å². The predicted molar refractivity (Wildman–Crippen MR) is 66.3 cm³/mol. The third kappa shape index (κ3) is 2.80. The zero-order valence-corrected chi connectivity index (χ0v) is 10.6. The molecule has 1 aromatic rings. The van der Waals surface area contributed by atoms with Crippen molar-refractivity contribution in [2.75, 3.05) is 0 Å². The Balaban J connectivity index is 2.18. The SMILES string of the molecule is CC1CCCCC1Oc1c(F)cc(CN)cc1F. The summed E-state index contributed by atoms with van der Waals surface area (Å²) < 4.78 is 33.1. The molecule has 1 aliphatic rings. The minimum absolute atomic E-state index is 0.0912. The third-order valence-electron chi connectivity index (χ3n) is 3.60. The van der Waals surface area contributed by atoms with E-state index in [-0.39, 0.29) is 18.4 Å². The number of nitrogens with two attached hydrogens (primary N) is 1. The molecule has 1 aromatic carbocycles. The van der Waals surface area contributed by atoms with Crippen molar-refractivity contribution >= 4 is 0 Å². The Morgan fingerprint density at radius 2 is 1.83 bits per heavy atom. The first-order valence-corrected chi connectivity index (χ1v) is 6.46. The molecular formula is C14H19F2NO. The highest BCUT2D eigenvalue weighted by molar-refractivity contribution is 5.31. The molecule has 4 heteroatoms. The van der Waals surface area contributed by atoms with E-state index in [9.17, 15) is 8.78 Å². The van der Waals surface area contributed by atoms with E-state index in [4.69, 9.17) is 10.5 Å². The highest BCUT2D eigenvalue weighted by atomic mass is 19.1. The van der Waals surface area contributed by atoms with Crippen molar-refractivity contribution in [3.63, 3.8) is 0 Å². The lowest BCUT2D eigenvalue weighted by atomic mass is 9.88. The maximum atomic E-state index is 13.8. The second-order valence-electron chi connectivity index (χ2n) is 5.01. The quantitative estimate of drug-likeness (QED) is 0.898. The Bertz CT molecular complexity index is 399. The van der Waals surface area contributed by atoms with Gasteiger partial charge in [0.25, 0.3) is 0 Å². The van der Waals surface area contributed by atoms with Crippen molar-refractivity contribution < 1.29 is 13.5 Å². The first-order chi connectivity index (χ1) is 8.61. The maximum Gasteiger partial charge on any atom is 0.191 e. The maximum absolute atomic E-state index is 13.8. The summed E-state index contributed by atoms with van der Waals surface area (Å²) in [5, 5.41) is 0. The van der Waals surface area contributed by atoms with E-state index in [1.807, 2.05) is 0 Å². The Morgan fingerprint density at radius 3 is 2.39 bits per heavy atom. The van der Waals surface area contributed by atoms with Crippen molar-refractivity contribution in [3.05, 3.63) is 29.3 Å². The van der Waals surface area contributed by atoms with Gasteiger partial charge in [0.1, 0.15) is 6.10 Å². The van der Waals surface area contributed by atoms with Gasteiger partial charge in [-0.05, 0) is 42.9 Å². The smallest absolute Gasteiger partial charge is 0.191 e. The number of hydrogen-bond acceptors (Lipinski definition) is 2. The van der Waals surface area contributed by atoms with Crippen LogP contribution in [-0.4, -0.2) is 6.10 Å². The summed E-state index contributed by atoms with van der Waals surface area (Å²) in [7, 11) is 0. The van der Waals surface area contributed by atoms with Gasteiger partial charge in [0.05, 0.1) is 0 Å². The van der Waals surface area contributed by atoms with Gasteiger partial charge in [-0.1, -0.05) is 13.3 Å². The molecule has 0 saturated heterocycles. The standard InChI is InChI=1S/C14H19F2NO/c1-9-4-2-3-5-13(9)18-14-11(15)6-10(8-17)7-12(14)16/h6-7,9,13H,2-5,8,17H2,1H3. The molecule has 2 N–H and O–H groups in total. The Morgan fingerprint density at radius 1 is 1.22 bits per heavy atom. The van der Waals surface area contributed by atoms with Crippen LogP contribution in [0.15, 0.2) is 12.1 Å². The molecule has 2 rings (SSSR count). The van der Waals surface area contributed by atoms with Crippen LogP contribution >= 0.6 is 0 Å². The van der Waals surface area contributed by atoms with Crippen LogP contribution in [0.5, 0.6) is 5.75 Å². The van der Waals surface area contributed by atoms with Gasteiger partial charge < -0.3 is 10.5 Å². The Kier molecular flexibility index (Phi) is 4.17. The van der Waals surface area contributed by atoms with Gasteiger partial charge in [-0.25, -0.2) is 8.78 Å². The molecule has 0 aliphatic heterocycles. The summed E-state index contributed by atoms with van der Waals surface area (Å²) >= 11 is 0. The van der Waals surface area contributed by atoms with Gasteiger partial charge in [-0.3, -0.25) is 0 Å². The topological polar surface area (TPSA) is 35.2 Å². The van der Waals surface area contributed by atoms with Gasteiger partial charge in [-0.15, -0.1) is 0 Å². The molecule has 1 fully saturated rings. The van der Waals surface area contributed by atoms with Gasteiger partial charge in [0.15, 0.2) is 17.4 Å². The predicted octanol–water partition coefficient (Wildman–Crippen LogP) is 3.38. The van der Waals surface area contributed by atoms with E-state index in [1.165, 1.54) is 12.1 Å². The first kappa shape index (κ1) is 13.3. The van der Waals surface area contributed by atoms with Crippen LogP contribution in [-0.2, 0) is 6.54 Å². The molecule has 0 amide bonds. The van der Waals surface area contributed by atoms with Crippen molar-refractivity contribution in [1.82, 2.24) is 0 Å². The van der Waals surface area contributed by atoms with E-state index in [2.05, 4.69) is 6.92 Å². The summed E-state index contributed by atoms with van der Waals surface area (Å²) in [6.45, 7) is 2.18. The van der Waals surface area contributed by atoms with Crippen LogP contribution in [0.3, 0.4) is 0 Å². The van der Waals surface area contributed by atoms with Crippen LogP contribution in [0.1, 0.15) is 38.2 Å². The van der Waals surface area contributed by atoms with Gasteiger partial charge >= 0.3 is 0 Å². The molecule has 1 aliphatic carbocycles. The molecule has 0 heterocycles. The fourth-order valence-electron chi connectivity index (χ4n) is 2.45. The minimum Gasteiger partial charge on any atom is -0.484 e. The summed E-state index contributed by atoms with van der Waals surface area (Å²) in [5.74, 6) is -1.24. The molecule has 18 heavy (non-hydrogen) atoms. The molecule has 0 spiro atoms. The molecule has 2 atom stereocenters. The molecule has 2 nitrogen and oxygen atoms in total. The zero-order chi connectivity index (χ0) is 13.1. The third-order valence-corrected chi connectivity index (χ3v) is 3.60. The minimum atomic E-state index is -0.659. The fourth-order valence-corrected chi connectivity index (χ4v) is 2.45. The van der Waals surface area contributed by atoms with Crippen molar-refractivity contribution in [3.8, 4) is 5.75 Å². The lowest BCUT2D eigenvalue weighted by Gasteiger charge is -2.29. The summed E-state index contributed by atoms with van der Waals surface area (Å²) in [6.07, 6.45) is 4.04. The number of hydrogen-bond donors (Lipinski definition) is 1. The lowest BCUT2D eigenvalue weighted by Crippen LogP contribution is -2.29. The number of benzene rings is 1. The van der Waals surface area contributed by atoms with Gasteiger partial charge in [-0.2, -0.15) is 0 Å². The Hall–Kier alpha value is -1.16. The monoisotopic (exact) mass is 255 g/mol. The molecule has 0 aromatic heterocycles. The van der Waals surface area contributed by atoms with Crippen LogP contribution in [0, 0.1) is 17.6 Å². The van der Waals surface area contributed by atoms with Crippen molar-refractivity contribution in [1.29, 1.82) is 0 Å². The second-order valence-corrected chi connectivity index (χ2v) is 5.01. The summed E-state index contributed by atoms with van der Waals surface area (Å²) in [6, 6.07) is 2.48. The van der Waals surface area contributed by atoms with Crippen molar-refractivity contribution in [2.24, 2.45) is 11.7 Å². The molecular weight excluding hydrogens is 236 g/mol.